The smallest absolute Gasteiger partial charge is 0.308 e. The van der Waals surface area contributed by atoms with E-state index in [1.165, 1.54) is 12.5 Å². The number of guanidine groups is 1. The number of benzene rings is 2. The van der Waals surface area contributed by atoms with Crippen LogP contribution in [-0.4, -0.2) is 50.7 Å². The normalized spacial score (nSPS) is 15.5. The van der Waals surface area contributed by atoms with Crippen LogP contribution >= 0.6 is 0 Å². The molecule has 0 atom stereocenters. The molecule has 1 N–H and O–H groups in total. The number of carbonyl (C=O) groups excluding carboxylic acids is 1. The van der Waals surface area contributed by atoms with Crippen LogP contribution in [0.4, 0.5) is 0 Å². The molecular weight excluding hydrogens is 354 g/mol. The molecule has 2 aromatic rings. The standard InChI is InChI=1S/C22H29N3O3/c1-4-23-22(25-11-9-17(10-12-25)21(26)28-3)24-15-16-5-6-19-14-20(27-2)8-7-18(19)13-16/h5-8,13-14,17H,4,9-12,15H2,1-3H3,(H,23,24). The molecule has 28 heavy (non-hydrogen) atoms. The molecule has 6 nitrogen and oxygen atoms in total. The van der Waals surface area contributed by atoms with Crippen molar-refractivity contribution < 1.29 is 14.3 Å². The highest BCUT2D eigenvalue weighted by molar-refractivity contribution is 5.85. The van der Waals surface area contributed by atoms with Crippen LogP contribution in [-0.2, 0) is 16.1 Å². The van der Waals surface area contributed by atoms with E-state index in [1.807, 2.05) is 12.1 Å². The van der Waals surface area contributed by atoms with Crippen molar-refractivity contribution in [2.24, 2.45) is 10.9 Å². The molecule has 1 saturated heterocycles. The third-order valence-electron chi connectivity index (χ3n) is 5.19. The van der Waals surface area contributed by atoms with Gasteiger partial charge in [-0.1, -0.05) is 18.2 Å². The Hall–Kier alpha value is -2.76. The number of aliphatic imine (C=N–C) groups is 1. The van der Waals surface area contributed by atoms with Gasteiger partial charge in [0, 0.05) is 19.6 Å². The van der Waals surface area contributed by atoms with Gasteiger partial charge in [0.2, 0.25) is 0 Å². The number of ether oxygens (including phenoxy) is 2. The van der Waals surface area contributed by atoms with Gasteiger partial charge in [0.25, 0.3) is 0 Å². The second-order valence-corrected chi connectivity index (χ2v) is 7.00. The zero-order valence-electron chi connectivity index (χ0n) is 16.9. The first kappa shape index (κ1) is 20.0. The molecule has 1 aliphatic rings. The van der Waals surface area contributed by atoms with Crippen molar-refractivity contribution in [3.05, 3.63) is 42.0 Å². The molecule has 0 amide bonds. The summed E-state index contributed by atoms with van der Waals surface area (Å²) in [4.78, 5) is 18.8. The number of likely N-dealkylation sites (tertiary alicyclic amines) is 1. The van der Waals surface area contributed by atoms with Crippen molar-refractivity contribution in [3.8, 4) is 5.75 Å². The Kier molecular flexibility index (Phi) is 6.74. The van der Waals surface area contributed by atoms with Crippen molar-refractivity contribution >= 4 is 22.7 Å². The molecule has 0 saturated carbocycles. The van der Waals surface area contributed by atoms with Crippen LogP contribution in [0.15, 0.2) is 41.4 Å². The zero-order chi connectivity index (χ0) is 19.9. The topological polar surface area (TPSA) is 63.2 Å². The Morgan fingerprint density at radius 1 is 1.14 bits per heavy atom. The molecule has 1 heterocycles. The van der Waals surface area contributed by atoms with Crippen LogP contribution in [0, 0.1) is 5.92 Å². The Morgan fingerprint density at radius 2 is 1.86 bits per heavy atom. The number of fused-ring (bicyclic) bond motifs is 1. The number of hydrogen-bond donors (Lipinski definition) is 1. The fourth-order valence-electron chi connectivity index (χ4n) is 3.58. The number of nitrogens with zero attached hydrogens (tertiary/aromatic N) is 2. The van der Waals surface area contributed by atoms with Gasteiger partial charge in [-0.2, -0.15) is 0 Å². The van der Waals surface area contributed by atoms with E-state index in [0.29, 0.717) is 6.54 Å². The molecule has 3 rings (SSSR count). The number of hydrogen-bond acceptors (Lipinski definition) is 4. The van der Waals surface area contributed by atoms with E-state index >= 15 is 0 Å². The maximum atomic E-state index is 11.7. The van der Waals surface area contributed by atoms with Crippen molar-refractivity contribution in [2.75, 3.05) is 33.9 Å². The summed E-state index contributed by atoms with van der Waals surface area (Å²) in [5, 5.41) is 5.71. The van der Waals surface area contributed by atoms with Gasteiger partial charge in [-0.05, 0) is 54.3 Å². The molecule has 150 valence electrons. The minimum atomic E-state index is -0.102. The summed E-state index contributed by atoms with van der Waals surface area (Å²) < 4.78 is 10.2. The second kappa shape index (κ2) is 9.44. The third kappa shape index (κ3) is 4.74. The van der Waals surface area contributed by atoms with Crippen molar-refractivity contribution in [1.82, 2.24) is 10.2 Å². The first-order valence-electron chi connectivity index (χ1n) is 9.82. The van der Waals surface area contributed by atoms with E-state index < -0.39 is 0 Å². The van der Waals surface area contributed by atoms with Crippen LogP contribution < -0.4 is 10.1 Å². The molecule has 0 radical (unpaired) electrons. The molecule has 1 fully saturated rings. The first-order valence-corrected chi connectivity index (χ1v) is 9.82. The maximum Gasteiger partial charge on any atom is 0.308 e. The van der Waals surface area contributed by atoms with Gasteiger partial charge in [0.05, 0.1) is 26.7 Å². The lowest BCUT2D eigenvalue weighted by molar-refractivity contribution is -0.146. The Bertz CT molecular complexity index is 842. The summed E-state index contributed by atoms with van der Waals surface area (Å²) >= 11 is 0. The van der Waals surface area contributed by atoms with E-state index in [9.17, 15) is 4.79 Å². The largest absolute Gasteiger partial charge is 0.497 e. The highest BCUT2D eigenvalue weighted by Crippen LogP contribution is 2.22. The van der Waals surface area contributed by atoms with Gasteiger partial charge in [0.15, 0.2) is 5.96 Å². The summed E-state index contributed by atoms with van der Waals surface area (Å²) in [6.07, 6.45) is 1.60. The quantitative estimate of drug-likeness (QED) is 0.488. The third-order valence-corrected chi connectivity index (χ3v) is 5.19. The summed E-state index contributed by atoms with van der Waals surface area (Å²) in [6, 6.07) is 12.5. The number of carbonyl (C=O) groups is 1. The summed E-state index contributed by atoms with van der Waals surface area (Å²) in [7, 11) is 3.14. The van der Waals surface area contributed by atoms with Crippen molar-refractivity contribution in [2.45, 2.75) is 26.3 Å². The predicted molar refractivity (Wildman–Crippen MR) is 112 cm³/mol. The lowest BCUT2D eigenvalue weighted by Gasteiger charge is -2.33. The fraction of sp³-hybridized carbons (Fsp3) is 0.455. The van der Waals surface area contributed by atoms with Crippen molar-refractivity contribution in [3.63, 3.8) is 0 Å². The van der Waals surface area contributed by atoms with Crippen LogP contribution in [0.25, 0.3) is 10.8 Å². The molecule has 0 unspecified atom stereocenters. The van der Waals surface area contributed by atoms with Crippen molar-refractivity contribution in [1.29, 1.82) is 0 Å². The van der Waals surface area contributed by atoms with Gasteiger partial charge in [-0.15, -0.1) is 0 Å². The molecule has 6 heteroatoms. The SMILES string of the molecule is CCNC(=NCc1ccc2cc(OC)ccc2c1)N1CCC(C(=O)OC)CC1. The van der Waals surface area contributed by atoms with Crippen LogP contribution in [0.2, 0.25) is 0 Å². The Balaban J connectivity index is 1.69. The van der Waals surface area contributed by atoms with Crippen LogP contribution in [0.1, 0.15) is 25.3 Å². The average Bonchev–Trinajstić information content (AvgIpc) is 2.75. The van der Waals surface area contributed by atoms with Crippen LogP contribution in [0.3, 0.4) is 0 Å². The minimum absolute atomic E-state index is 0.00149. The Morgan fingerprint density at radius 3 is 2.54 bits per heavy atom. The Labute approximate surface area is 166 Å². The minimum Gasteiger partial charge on any atom is -0.497 e. The summed E-state index contributed by atoms with van der Waals surface area (Å²) in [6.45, 7) is 5.11. The van der Waals surface area contributed by atoms with Gasteiger partial charge in [-0.25, -0.2) is 4.99 Å². The summed E-state index contributed by atoms with van der Waals surface area (Å²) in [5.41, 5.74) is 1.16. The molecule has 1 aliphatic heterocycles. The average molecular weight is 383 g/mol. The monoisotopic (exact) mass is 383 g/mol. The van der Waals surface area contributed by atoms with E-state index in [2.05, 4.69) is 41.4 Å². The number of nitrogens with one attached hydrogen (secondary N) is 1. The van der Waals surface area contributed by atoms with Gasteiger partial charge in [-0.3, -0.25) is 4.79 Å². The number of piperidine rings is 1. The number of rotatable bonds is 5. The molecule has 0 aromatic heterocycles. The van der Waals surface area contributed by atoms with E-state index in [-0.39, 0.29) is 11.9 Å². The molecular formula is C22H29N3O3. The number of methoxy groups -OCH3 is 2. The van der Waals surface area contributed by atoms with E-state index in [1.54, 1.807) is 7.11 Å². The molecule has 0 aliphatic carbocycles. The lowest BCUT2D eigenvalue weighted by atomic mass is 9.97. The van der Waals surface area contributed by atoms with E-state index in [0.717, 1.165) is 55.1 Å². The fourth-order valence-corrected chi connectivity index (χ4v) is 3.58. The molecule has 2 aromatic carbocycles. The zero-order valence-corrected chi connectivity index (χ0v) is 16.9. The van der Waals surface area contributed by atoms with Gasteiger partial charge < -0.3 is 19.7 Å². The van der Waals surface area contributed by atoms with Gasteiger partial charge in [0.1, 0.15) is 5.75 Å². The maximum absolute atomic E-state index is 11.7. The van der Waals surface area contributed by atoms with Crippen LogP contribution in [0.5, 0.6) is 5.75 Å². The van der Waals surface area contributed by atoms with Gasteiger partial charge >= 0.3 is 5.97 Å². The summed E-state index contributed by atoms with van der Waals surface area (Å²) in [5.74, 6) is 1.67. The number of esters is 1. The molecule has 0 spiro atoms. The predicted octanol–water partition coefficient (Wildman–Crippen LogP) is 3.20. The lowest BCUT2D eigenvalue weighted by Crippen LogP contribution is -2.46. The highest BCUT2D eigenvalue weighted by atomic mass is 16.5. The van der Waals surface area contributed by atoms with E-state index in [4.69, 9.17) is 14.5 Å². The highest BCUT2D eigenvalue weighted by Gasteiger charge is 2.26. The molecule has 0 bridgehead atoms. The first-order chi connectivity index (χ1) is 13.6. The second-order valence-electron chi connectivity index (χ2n) is 7.00.